The molecule has 0 atom stereocenters. The molecule has 0 radical (unpaired) electrons. The Morgan fingerprint density at radius 3 is 2.55 bits per heavy atom. The normalized spacial score (nSPS) is 11.4. The summed E-state index contributed by atoms with van der Waals surface area (Å²) in [5.74, 6) is 0.162. The summed E-state index contributed by atoms with van der Waals surface area (Å²) in [7, 11) is 0. The third-order valence-corrected chi connectivity index (χ3v) is 3.50. The van der Waals surface area contributed by atoms with E-state index in [1.165, 1.54) is 4.52 Å². The fraction of sp³-hybridized carbons (Fsp3) is 0.250. The summed E-state index contributed by atoms with van der Waals surface area (Å²) in [6.07, 6.45) is 0. The SMILES string of the molecule is Cc1nc2cc(-c3ccccc3)[nH]n2c(=O)c1C(C)C. The standard InChI is InChI=1S/C16H17N3O/c1-10(2)15-11(3)17-14-9-13(18-19(14)16(15)20)12-7-5-4-6-8-12/h4-10,18H,1-3H3. The predicted octanol–water partition coefficient (Wildman–Crippen LogP) is 3.12. The second kappa shape index (κ2) is 4.63. The van der Waals surface area contributed by atoms with Crippen molar-refractivity contribution >= 4 is 5.65 Å². The first-order valence-electron chi connectivity index (χ1n) is 6.75. The van der Waals surface area contributed by atoms with Crippen LogP contribution < -0.4 is 5.56 Å². The fourth-order valence-electron chi connectivity index (χ4n) is 2.58. The first-order chi connectivity index (χ1) is 9.58. The predicted molar refractivity (Wildman–Crippen MR) is 80.1 cm³/mol. The number of H-pyrrole nitrogens is 1. The Morgan fingerprint density at radius 1 is 1.20 bits per heavy atom. The van der Waals surface area contributed by atoms with Gasteiger partial charge in [-0.25, -0.2) is 9.50 Å². The molecule has 0 aliphatic heterocycles. The highest BCUT2D eigenvalue weighted by atomic mass is 16.1. The number of hydrogen-bond acceptors (Lipinski definition) is 2. The Morgan fingerprint density at radius 2 is 1.90 bits per heavy atom. The minimum atomic E-state index is -0.00955. The second-order valence-electron chi connectivity index (χ2n) is 5.30. The molecule has 3 rings (SSSR count). The van der Waals surface area contributed by atoms with Crippen LogP contribution in [0.3, 0.4) is 0 Å². The van der Waals surface area contributed by atoms with E-state index in [2.05, 4.69) is 10.1 Å². The summed E-state index contributed by atoms with van der Waals surface area (Å²) < 4.78 is 1.53. The largest absolute Gasteiger partial charge is 0.289 e. The van der Waals surface area contributed by atoms with Gasteiger partial charge in [0.25, 0.3) is 5.56 Å². The van der Waals surface area contributed by atoms with Crippen LogP contribution in [0.4, 0.5) is 0 Å². The third kappa shape index (κ3) is 1.93. The van der Waals surface area contributed by atoms with Gasteiger partial charge in [-0.05, 0) is 18.4 Å². The molecule has 2 aromatic heterocycles. The Labute approximate surface area is 117 Å². The number of aromatic amines is 1. The molecule has 3 aromatic rings. The average Bonchev–Trinajstić information content (AvgIpc) is 2.83. The minimum Gasteiger partial charge on any atom is -0.289 e. The number of benzene rings is 1. The van der Waals surface area contributed by atoms with E-state index in [1.807, 2.05) is 57.2 Å². The number of rotatable bonds is 2. The molecule has 0 aliphatic rings. The zero-order valence-electron chi connectivity index (χ0n) is 11.8. The molecule has 0 unspecified atom stereocenters. The van der Waals surface area contributed by atoms with Crippen molar-refractivity contribution in [3.8, 4) is 11.3 Å². The van der Waals surface area contributed by atoms with E-state index in [0.29, 0.717) is 5.65 Å². The van der Waals surface area contributed by atoms with Gasteiger partial charge in [-0.2, -0.15) is 0 Å². The van der Waals surface area contributed by atoms with Crippen LogP contribution in [0.2, 0.25) is 0 Å². The summed E-state index contributed by atoms with van der Waals surface area (Å²) >= 11 is 0. The molecular formula is C16H17N3O. The molecular weight excluding hydrogens is 250 g/mol. The Bertz CT molecular complexity index is 813. The van der Waals surface area contributed by atoms with Gasteiger partial charge in [-0.15, -0.1) is 0 Å². The zero-order valence-corrected chi connectivity index (χ0v) is 11.8. The highest BCUT2D eigenvalue weighted by Crippen LogP contribution is 2.19. The molecule has 20 heavy (non-hydrogen) atoms. The van der Waals surface area contributed by atoms with Gasteiger partial charge in [0.2, 0.25) is 0 Å². The lowest BCUT2D eigenvalue weighted by molar-refractivity contribution is 0.781. The van der Waals surface area contributed by atoms with E-state index in [0.717, 1.165) is 22.5 Å². The number of nitrogens with one attached hydrogen (secondary N) is 1. The fourth-order valence-corrected chi connectivity index (χ4v) is 2.58. The van der Waals surface area contributed by atoms with Crippen molar-refractivity contribution in [1.82, 2.24) is 14.6 Å². The van der Waals surface area contributed by atoms with Crippen LogP contribution in [0, 0.1) is 6.92 Å². The molecule has 0 aliphatic carbocycles. The number of nitrogens with zero attached hydrogens (tertiary/aromatic N) is 2. The lowest BCUT2D eigenvalue weighted by atomic mass is 10.0. The van der Waals surface area contributed by atoms with Crippen LogP contribution in [-0.2, 0) is 0 Å². The molecule has 0 spiro atoms. The monoisotopic (exact) mass is 267 g/mol. The number of aryl methyl sites for hydroxylation is 1. The van der Waals surface area contributed by atoms with E-state index in [-0.39, 0.29) is 11.5 Å². The molecule has 1 aromatic carbocycles. The number of aromatic nitrogens is 3. The topological polar surface area (TPSA) is 50.2 Å². The second-order valence-corrected chi connectivity index (χ2v) is 5.30. The van der Waals surface area contributed by atoms with Crippen LogP contribution in [0.1, 0.15) is 31.0 Å². The zero-order chi connectivity index (χ0) is 14.3. The van der Waals surface area contributed by atoms with Gasteiger partial charge in [0.15, 0.2) is 5.65 Å². The summed E-state index contributed by atoms with van der Waals surface area (Å²) in [6.45, 7) is 5.92. The van der Waals surface area contributed by atoms with Gasteiger partial charge in [-0.3, -0.25) is 9.89 Å². The van der Waals surface area contributed by atoms with Gasteiger partial charge in [0.1, 0.15) is 0 Å². The van der Waals surface area contributed by atoms with Crippen molar-refractivity contribution in [3.63, 3.8) is 0 Å². The van der Waals surface area contributed by atoms with Crippen molar-refractivity contribution in [1.29, 1.82) is 0 Å². The molecule has 0 fully saturated rings. The van der Waals surface area contributed by atoms with Crippen molar-refractivity contribution in [2.75, 3.05) is 0 Å². The molecule has 1 N–H and O–H groups in total. The maximum absolute atomic E-state index is 12.5. The van der Waals surface area contributed by atoms with Crippen LogP contribution >= 0.6 is 0 Å². The Kier molecular flexibility index (Phi) is 2.93. The lowest BCUT2D eigenvalue weighted by Crippen LogP contribution is -2.22. The van der Waals surface area contributed by atoms with Crippen molar-refractivity contribution in [3.05, 3.63) is 58.0 Å². The third-order valence-electron chi connectivity index (χ3n) is 3.50. The number of hydrogen-bond donors (Lipinski definition) is 1. The maximum atomic E-state index is 12.5. The molecule has 0 bridgehead atoms. The average molecular weight is 267 g/mol. The summed E-state index contributed by atoms with van der Waals surface area (Å²) in [4.78, 5) is 17.1. The van der Waals surface area contributed by atoms with Crippen LogP contribution in [0.5, 0.6) is 0 Å². The van der Waals surface area contributed by atoms with Crippen LogP contribution in [0.25, 0.3) is 16.9 Å². The minimum absolute atomic E-state index is 0.00955. The van der Waals surface area contributed by atoms with E-state index in [4.69, 9.17) is 0 Å². The van der Waals surface area contributed by atoms with E-state index < -0.39 is 0 Å². The van der Waals surface area contributed by atoms with Gasteiger partial charge < -0.3 is 0 Å². The molecule has 0 amide bonds. The van der Waals surface area contributed by atoms with Gasteiger partial charge >= 0.3 is 0 Å². The quantitative estimate of drug-likeness (QED) is 0.775. The van der Waals surface area contributed by atoms with Gasteiger partial charge in [0, 0.05) is 17.3 Å². The highest BCUT2D eigenvalue weighted by Gasteiger charge is 2.14. The van der Waals surface area contributed by atoms with Crippen LogP contribution in [-0.4, -0.2) is 14.6 Å². The molecule has 2 heterocycles. The summed E-state index contributed by atoms with van der Waals surface area (Å²) in [5, 5.41) is 3.14. The Balaban J connectivity index is 2.27. The van der Waals surface area contributed by atoms with Crippen molar-refractivity contribution < 1.29 is 0 Å². The molecule has 102 valence electrons. The van der Waals surface area contributed by atoms with E-state index in [1.54, 1.807) is 0 Å². The first kappa shape index (κ1) is 12.7. The summed E-state index contributed by atoms with van der Waals surface area (Å²) in [5.41, 5.74) is 4.17. The lowest BCUT2D eigenvalue weighted by Gasteiger charge is -2.07. The Hall–Kier alpha value is -2.36. The molecule has 0 saturated carbocycles. The molecule has 4 nitrogen and oxygen atoms in total. The highest BCUT2D eigenvalue weighted by molar-refractivity contribution is 5.64. The smallest absolute Gasteiger partial charge is 0.276 e. The van der Waals surface area contributed by atoms with Crippen molar-refractivity contribution in [2.24, 2.45) is 0 Å². The first-order valence-corrected chi connectivity index (χ1v) is 6.75. The van der Waals surface area contributed by atoms with Gasteiger partial charge in [-0.1, -0.05) is 44.2 Å². The maximum Gasteiger partial charge on any atom is 0.276 e. The number of fused-ring (bicyclic) bond motifs is 1. The van der Waals surface area contributed by atoms with Crippen molar-refractivity contribution in [2.45, 2.75) is 26.7 Å². The molecule has 0 saturated heterocycles. The van der Waals surface area contributed by atoms with E-state index in [9.17, 15) is 4.79 Å². The molecule has 4 heteroatoms. The summed E-state index contributed by atoms with van der Waals surface area (Å²) in [6, 6.07) is 11.8. The van der Waals surface area contributed by atoms with Crippen LogP contribution in [0.15, 0.2) is 41.2 Å². The van der Waals surface area contributed by atoms with Gasteiger partial charge in [0.05, 0.1) is 5.69 Å². The van der Waals surface area contributed by atoms with E-state index >= 15 is 0 Å².